The van der Waals surface area contributed by atoms with Crippen molar-refractivity contribution in [1.82, 2.24) is 14.9 Å². The normalized spacial score (nSPS) is 19.1. The Bertz CT molecular complexity index is 1410. The van der Waals surface area contributed by atoms with E-state index in [4.69, 9.17) is 11.6 Å². The van der Waals surface area contributed by atoms with E-state index in [0.29, 0.717) is 10.6 Å². The Hall–Kier alpha value is -2.72. The molecule has 0 bridgehead atoms. The van der Waals surface area contributed by atoms with Gasteiger partial charge >= 0.3 is 6.18 Å². The van der Waals surface area contributed by atoms with Gasteiger partial charge in [-0.2, -0.15) is 13.2 Å². The number of nitrogens with zero attached hydrogens (tertiary/aromatic N) is 1. The van der Waals surface area contributed by atoms with Crippen molar-refractivity contribution in [1.29, 1.82) is 0 Å². The molecule has 10 heteroatoms. The molecule has 224 valence electrons. The third-order valence-corrected chi connectivity index (χ3v) is 9.43. The van der Waals surface area contributed by atoms with Gasteiger partial charge in [-0.3, -0.25) is 9.69 Å². The number of aryl methyl sites for hydroxylation is 1. The second kappa shape index (κ2) is 13.7. The molecule has 1 fully saturated rings. The molecule has 0 saturated carbocycles. The molecule has 3 atom stereocenters. The van der Waals surface area contributed by atoms with Gasteiger partial charge in [0.1, 0.15) is 11.0 Å². The largest absolute Gasteiger partial charge is 0.416 e. The van der Waals surface area contributed by atoms with E-state index < -0.39 is 28.8 Å². The third-order valence-electron chi connectivity index (χ3n) is 8.00. The quantitative estimate of drug-likeness (QED) is 0.265. The van der Waals surface area contributed by atoms with Gasteiger partial charge in [0.05, 0.1) is 22.5 Å². The number of halogens is 4. The maximum absolute atomic E-state index is 13.4. The Morgan fingerprint density at radius 2 is 1.76 bits per heavy atom. The molecule has 1 aliphatic heterocycles. The van der Waals surface area contributed by atoms with Gasteiger partial charge in [-0.15, -0.1) is 0 Å². The summed E-state index contributed by atoms with van der Waals surface area (Å²) in [6.45, 7) is 3.22. The number of amides is 1. The third kappa shape index (κ3) is 8.01. The van der Waals surface area contributed by atoms with Crippen LogP contribution in [0.3, 0.4) is 0 Å². The molecule has 1 aliphatic carbocycles. The average molecular weight is 618 g/mol. The van der Waals surface area contributed by atoms with Crippen LogP contribution in [0, 0.1) is 0 Å². The Morgan fingerprint density at radius 3 is 2.50 bits per heavy atom. The van der Waals surface area contributed by atoms with Gasteiger partial charge in [0.2, 0.25) is 5.91 Å². The fourth-order valence-corrected chi connectivity index (χ4v) is 7.01. The van der Waals surface area contributed by atoms with E-state index in [2.05, 4.69) is 33.1 Å². The SMILES string of the molecule is O=C(CC(NS(=O)c1cccc(C(F)(F)F)c1)c1ccc(Cl)cc1)N[C@@H]1CCCc2cc(CN3CCCCC3)ccc21. The van der Waals surface area contributed by atoms with E-state index in [0.717, 1.165) is 56.6 Å². The Balaban J connectivity index is 1.28. The van der Waals surface area contributed by atoms with E-state index in [9.17, 15) is 22.2 Å². The van der Waals surface area contributed by atoms with Crippen molar-refractivity contribution in [3.63, 3.8) is 0 Å². The van der Waals surface area contributed by atoms with E-state index >= 15 is 0 Å². The lowest BCUT2D eigenvalue weighted by molar-refractivity contribution is -0.137. The summed E-state index contributed by atoms with van der Waals surface area (Å²) < 4.78 is 55.7. The van der Waals surface area contributed by atoms with Gasteiger partial charge in [-0.1, -0.05) is 54.4 Å². The molecule has 0 radical (unpaired) electrons. The number of rotatable bonds is 9. The van der Waals surface area contributed by atoms with Gasteiger partial charge in [-0.25, -0.2) is 8.93 Å². The molecular weight excluding hydrogens is 583 g/mol. The maximum Gasteiger partial charge on any atom is 0.416 e. The molecular formula is C32H35ClF3N3O2S. The zero-order valence-electron chi connectivity index (χ0n) is 23.3. The topological polar surface area (TPSA) is 61.4 Å². The summed E-state index contributed by atoms with van der Waals surface area (Å²) in [4.78, 5) is 15.9. The molecule has 1 amide bonds. The van der Waals surface area contributed by atoms with Crippen LogP contribution in [-0.4, -0.2) is 28.1 Å². The standard InChI is InChI=1S/C32H35ClF3N3O2S/c33-26-13-11-23(12-14-26)30(38-42(41)27-8-5-7-25(19-27)32(34,35)36)20-31(40)37-29-9-4-6-24-18-22(10-15-28(24)29)21-39-16-2-1-3-17-39/h5,7-8,10-15,18-19,29-30,38H,1-4,6,9,16-17,20-21H2,(H,37,40)/t29-,30?,42?/m1/s1. The number of carbonyl (C=O) groups excluding carboxylic acids is 1. The van der Waals surface area contributed by atoms with Crippen molar-refractivity contribution in [3.8, 4) is 0 Å². The zero-order valence-corrected chi connectivity index (χ0v) is 24.8. The van der Waals surface area contributed by atoms with Crippen LogP contribution in [0.4, 0.5) is 13.2 Å². The van der Waals surface area contributed by atoms with E-state index in [-0.39, 0.29) is 23.3 Å². The van der Waals surface area contributed by atoms with Crippen LogP contribution in [-0.2, 0) is 34.9 Å². The molecule has 5 nitrogen and oxygen atoms in total. The maximum atomic E-state index is 13.4. The van der Waals surface area contributed by atoms with Crippen molar-refractivity contribution in [2.75, 3.05) is 13.1 Å². The number of hydrogen-bond acceptors (Lipinski definition) is 3. The molecule has 5 rings (SSSR count). The molecule has 42 heavy (non-hydrogen) atoms. The van der Waals surface area contributed by atoms with Crippen LogP contribution in [0.25, 0.3) is 0 Å². The van der Waals surface area contributed by atoms with Crippen LogP contribution < -0.4 is 10.0 Å². The van der Waals surface area contributed by atoms with Crippen molar-refractivity contribution in [2.24, 2.45) is 0 Å². The second-order valence-corrected chi connectivity index (χ2v) is 12.8. The number of carbonyl (C=O) groups is 1. The fourth-order valence-electron chi connectivity index (χ4n) is 5.84. The zero-order chi connectivity index (χ0) is 29.7. The van der Waals surface area contributed by atoms with Crippen molar-refractivity contribution in [2.45, 2.75) is 74.6 Å². The van der Waals surface area contributed by atoms with E-state index in [1.165, 1.54) is 42.5 Å². The molecule has 3 aromatic rings. The molecule has 2 unspecified atom stereocenters. The van der Waals surface area contributed by atoms with Crippen molar-refractivity contribution in [3.05, 3.63) is 99.6 Å². The Kier molecular flexibility index (Phi) is 10.0. The molecule has 2 N–H and O–H groups in total. The Labute approximate surface area is 252 Å². The first-order valence-corrected chi connectivity index (χ1v) is 15.9. The first-order chi connectivity index (χ1) is 20.2. The number of fused-ring (bicyclic) bond motifs is 1. The van der Waals surface area contributed by atoms with Gasteiger partial charge in [0, 0.05) is 18.0 Å². The smallest absolute Gasteiger partial charge is 0.349 e. The fraction of sp³-hybridized carbons (Fsp3) is 0.406. The molecule has 2 aliphatic rings. The van der Waals surface area contributed by atoms with E-state index in [1.807, 2.05) is 0 Å². The molecule has 0 spiro atoms. The predicted octanol–water partition coefficient (Wildman–Crippen LogP) is 7.28. The van der Waals surface area contributed by atoms with Crippen LogP contribution in [0.1, 0.15) is 78.4 Å². The second-order valence-electron chi connectivity index (χ2n) is 11.1. The lowest BCUT2D eigenvalue weighted by Gasteiger charge is -2.29. The first kappa shape index (κ1) is 30.7. The van der Waals surface area contributed by atoms with E-state index in [1.54, 1.807) is 24.3 Å². The number of piperidine rings is 1. The number of nitrogens with one attached hydrogen (secondary N) is 2. The summed E-state index contributed by atoms with van der Waals surface area (Å²) in [5, 5.41) is 3.67. The lowest BCUT2D eigenvalue weighted by Crippen LogP contribution is -2.35. The summed E-state index contributed by atoms with van der Waals surface area (Å²) in [5.74, 6) is -0.237. The Morgan fingerprint density at radius 1 is 1.00 bits per heavy atom. The van der Waals surface area contributed by atoms with Gasteiger partial charge in [0.15, 0.2) is 0 Å². The highest BCUT2D eigenvalue weighted by Crippen LogP contribution is 2.33. The van der Waals surface area contributed by atoms with Crippen LogP contribution in [0.2, 0.25) is 5.02 Å². The van der Waals surface area contributed by atoms with Gasteiger partial charge in [0.25, 0.3) is 0 Å². The average Bonchev–Trinajstić information content (AvgIpc) is 2.97. The van der Waals surface area contributed by atoms with Crippen LogP contribution in [0.15, 0.2) is 71.6 Å². The monoisotopic (exact) mass is 617 g/mol. The summed E-state index contributed by atoms with van der Waals surface area (Å²) in [6.07, 6.45) is 1.95. The summed E-state index contributed by atoms with van der Waals surface area (Å²) in [7, 11) is -2.00. The van der Waals surface area contributed by atoms with Crippen molar-refractivity contribution < 1.29 is 22.2 Å². The first-order valence-electron chi connectivity index (χ1n) is 14.4. The predicted molar refractivity (Wildman–Crippen MR) is 159 cm³/mol. The highest BCUT2D eigenvalue weighted by Gasteiger charge is 2.31. The molecule has 3 aromatic carbocycles. The summed E-state index contributed by atoms with van der Waals surface area (Å²) in [5.41, 5.74) is 3.46. The van der Waals surface area contributed by atoms with Crippen LogP contribution >= 0.6 is 11.6 Å². The molecule has 0 aromatic heterocycles. The van der Waals surface area contributed by atoms with Crippen LogP contribution in [0.5, 0.6) is 0 Å². The highest BCUT2D eigenvalue weighted by molar-refractivity contribution is 7.83. The summed E-state index contributed by atoms with van der Waals surface area (Å²) >= 11 is 6.06. The number of benzene rings is 3. The van der Waals surface area contributed by atoms with Crippen molar-refractivity contribution >= 4 is 28.5 Å². The minimum absolute atomic E-state index is 0.0224. The van der Waals surface area contributed by atoms with Gasteiger partial charge in [-0.05, 0) is 97.8 Å². The molecule has 1 saturated heterocycles. The number of likely N-dealkylation sites (tertiary alicyclic amines) is 1. The molecule has 1 heterocycles. The minimum Gasteiger partial charge on any atom is -0.349 e. The minimum atomic E-state index is -4.56. The summed E-state index contributed by atoms with van der Waals surface area (Å²) in [6, 6.07) is 16.9. The van der Waals surface area contributed by atoms with Gasteiger partial charge < -0.3 is 5.32 Å². The lowest BCUT2D eigenvalue weighted by atomic mass is 9.86. The number of alkyl halides is 3. The highest BCUT2D eigenvalue weighted by atomic mass is 35.5. The number of hydrogen-bond donors (Lipinski definition) is 2.